The first kappa shape index (κ1) is 28.6. The van der Waals surface area contributed by atoms with Crippen LogP contribution in [0.4, 0.5) is 0 Å². The van der Waals surface area contributed by atoms with Gasteiger partial charge < -0.3 is 14.2 Å². The van der Waals surface area contributed by atoms with E-state index in [2.05, 4.69) is 15.9 Å². The highest BCUT2D eigenvalue weighted by Gasteiger charge is 2.33. The van der Waals surface area contributed by atoms with Crippen LogP contribution in [0.25, 0.3) is 6.08 Å². The molecule has 0 N–H and O–H groups in total. The fourth-order valence-corrected chi connectivity index (χ4v) is 6.36. The van der Waals surface area contributed by atoms with Gasteiger partial charge in [-0.3, -0.25) is 9.36 Å². The van der Waals surface area contributed by atoms with E-state index >= 15 is 0 Å². The van der Waals surface area contributed by atoms with Crippen molar-refractivity contribution in [2.24, 2.45) is 4.99 Å². The molecule has 0 aliphatic carbocycles. The van der Waals surface area contributed by atoms with E-state index in [4.69, 9.17) is 19.2 Å². The molecule has 0 radical (unpaired) electrons. The largest absolute Gasteiger partial charge is 0.493 e. The molecule has 3 aromatic carbocycles. The number of benzene rings is 3. The zero-order valence-corrected chi connectivity index (χ0v) is 25.5. The van der Waals surface area contributed by atoms with Gasteiger partial charge in [-0.25, -0.2) is 9.79 Å². The number of fused-ring (bicyclic) bond motifs is 1. The standard InChI is InChI=1S/C32H29BrN2O5S/c1-5-24-27(31(37)39-4)28(22-9-7-6-8-10-22)35-30(36)26(41-32(35)34-24)17-21-15-23(33)29(25(16-21)38-3)40-18-20-13-11-19(2)12-14-20/h6-17,28H,5,18H2,1-4H3/b26-17-/t28-/m1/s1. The number of halogens is 1. The second-order valence-corrected chi connectivity index (χ2v) is 11.4. The van der Waals surface area contributed by atoms with Crippen molar-refractivity contribution in [2.75, 3.05) is 14.2 Å². The maximum Gasteiger partial charge on any atom is 0.338 e. The Morgan fingerprint density at radius 2 is 1.83 bits per heavy atom. The molecule has 0 saturated carbocycles. The number of aromatic nitrogens is 1. The van der Waals surface area contributed by atoms with Gasteiger partial charge in [0.1, 0.15) is 6.61 Å². The van der Waals surface area contributed by atoms with Crippen molar-refractivity contribution in [3.8, 4) is 11.5 Å². The summed E-state index contributed by atoms with van der Waals surface area (Å²) < 4.78 is 19.6. The maximum absolute atomic E-state index is 13.9. The number of carbonyl (C=O) groups is 1. The number of rotatable bonds is 8. The molecule has 4 aromatic rings. The van der Waals surface area contributed by atoms with Gasteiger partial charge in [-0.05, 0) is 64.2 Å². The predicted octanol–water partition coefficient (Wildman–Crippen LogP) is 5.46. The van der Waals surface area contributed by atoms with Gasteiger partial charge >= 0.3 is 5.97 Å². The lowest BCUT2D eigenvalue weighted by molar-refractivity contribution is -0.136. The van der Waals surface area contributed by atoms with Crippen molar-refractivity contribution in [3.63, 3.8) is 0 Å². The minimum atomic E-state index is -0.643. The van der Waals surface area contributed by atoms with E-state index in [1.54, 1.807) is 17.8 Å². The van der Waals surface area contributed by atoms with Gasteiger partial charge in [0.2, 0.25) is 0 Å². The van der Waals surface area contributed by atoms with Crippen LogP contribution >= 0.6 is 27.3 Å². The molecule has 9 heteroatoms. The number of nitrogens with zero attached hydrogens (tertiary/aromatic N) is 2. The maximum atomic E-state index is 13.9. The molecular weight excluding hydrogens is 604 g/mol. The molecule has 7 nitrogen and oxygen atoms in total. The van der Waals surface area contributed by atoms with Crippen LogP contribution in [0.5, 0.6) is 11.5 Å². The van der Waals surface area contributed by atoms with Crippen LogP contribution in [0.3, 0.4) is 0 Å². The molecule has 5 rings (SSSR count). The Morgan fingerprint density at radius 1 is 1.10 bits per heavy atom. The monoisotopic (exact) mass is 632 g/mol. The summed E-state index contributed by atoms with van der Waals surface area (Å²) in [6, 6.07) is 20.7. The summed E-state index contributed by atoms with van der Waals surface area (Å²) >= 11 is 4.90. The van der Waals surface area contributed by atoms with Crippen molar-refractivity contribution in [2.45, 2.75) is 32.9 Å². The number of hydrogen-bond donors (Lipinski definition) is 0. The Morgan fingerprint density at radius 3 is 2.49 bits per heavy atom. The van der Waals surface area contributed by atoms with Crippen molar-refractivity contribution < 1.29 is 19.0 Å². The van der Waals surface area contributed by atoms with E-state index in [-0.39, 0.29) is 5.56 Å². The summed E-state index contributed by atoms with van der Waals surface area (Å²) in [6.07, 6.45) is 2.32. The third-order valence-corrected chi connectivity index (χ3v) is 8.39. The van der Waals surface area contributed by atoms with Crippen LogP contribution in [0.15, 0.2) is 92.3 Å². The molecule has 0 bridgehead atoms. The first-order valence-corrected chi connectivity index (χ1v) is 14.7. The molecule has 1 atom stereocenters. The van der Waals surface area contributed by atoms with Gasteiger partial charge in [0.25, 0.3) is 5.56 Å². The van der Waals surface area contributed by atoms with Gasteiger partial charge in [-0.2, -0.15) is 0 Å². The lowest BCUT2D eigenvalue weighted by atomic mass is 9.95. The summed E-state index contributed by atoms with van der Waals surface area (Å²) in [7, 11) is 2.92. The number of esters is 1. The molecule has 1 aromatic heterocycles. The molecule has 210 valence electrons. The Labute approximate surface area is 250 Å². The Hall–Kier alpha value is -3.95. The van der Waals surface area contributed by atoms with Crippen LogP contribution in [-0.2, 0) is 16.1 Å². The average molecular weight is 634 g/mol. The Bertz CT molecular complexity index is 1810. The molecule has 0 fully saturated rings. The normalized spacial score (nSPS) is 14.9. The van der Waals surface area contributed by atoms with Gasteiger partial charge in [0.05, 0.1) is 40.5 Å². The predicted molar refractivity (Wildman–Crippen MR) is 163 cm³/mol. The fourth-order valence-electron chi connectivity index (χ4n) is 4.77. The van der Waals surface area contributed by atoms with E-state index in [9.17, 15) is 9.59 Å². The number of hydrogen-bond acceptors (Lipinski definition) is 7. The first-order chi connectivity index (χ1) is 19.8. The molecule has 0 saturated heterocycles. The van der Waals surface area contributed by atoms with Crippen molar-refractivity contribution >= 4 is 39.3 Å². The smallest absolute Gasteiger partial charge is 0.338 e. The van der Waals surface area contributed by atoms with Crippen LogP contribution in [0.1, 0.15) is 41.6 Å². The Kier molecular flexibility index (Phi) is 8.56. The zero-order chi connectivity index (χ0) is 29.1. The van der Waals surface area contributed by atoms with E-state index in [1.165, 1.54) is 24.0 Å². The summed E-state index contributed by atoms with van der Waals surface area (Å²) in [6.45, 7) is 4.36. The highest BCUT2D eigenvalue weighted by Crippen LogP contribution is 2.37. The fraction of sp³-hybridized carbons (Fsp3) is 0.219. The SMILES string of the molecule is CCC1=C(C(=O)OC)[C@@H](c2ccccc2)n2c(s/c(=C\c3cc(Br)c(OCc4ccc(C)cc4)c(OC)c3)c2=O)=N1. The zero-order valence-electron chi connectivity index (χ0n) is 23.1. The molecule has 0 amide bonds. The van der Waals surface area contributed by atoms with Gasteiger partial charge in [-0.1, -0.05) is 78.4 Å². The molecule has 41 heavy (non-hydrogen) atoms. The second kappa shape index (κ2) is 12.3. The molecule has 0 unspecified atom stereocenters. The number of allylic oxidation sites excluding steroid dienone is 1. The first-order valence-electron chi connectivity index (χ1n) is 13.1. The van der Waals surface area contributed by atoms with Crippen LogP contribution in [0, 0.1) is 6.92 Å². The summed E-state index contributed by atoms with van der Waals surface area (Å²) in [5, 5.41) is 0. The van der Waals surface area contributed by atoms with E-state index in [0.29, 0.717) is 49.6 Å². The molecule has 2 heterocycles. The third-order valence-electron chi connectivity index (χ3n) is 6.82. The number of carbonyl (C=O) groups excluding carboxylic acids is 1. The second-order valence-electron chi connectivity index (χ2n) is 9.51. The minimum absolute atomic E-state index is 0.242. The van der Waals surface area contributed by atoms with Crippen LogP contribution < -0.4 is 24.4 Å². The highest BCUT2D eigenvalue weighted by atomic mass is 79.9. The van der Waals surface area contributed by atoms with Crippen molar-refractivity contribution in [1.29, 1.82) is 0 Å². The van der Waals surface area contributed by atoms with E-state index in [1.807, 2.05) is 80.6 Å². The minimum Gasteiger partial charge on any atom is -0.493 e. The summed E-state index contributed by atoms with van der Waals surface area (Å²) in [5.74, 6) is 0.614. The Balaban J connectivity index is 1.58. The van der Waals surface area contributed by atoms with Gasteiger partial charge in [0.15, 0.2) is 16.3 Å². The quantitative estimate of drug-likeness (QED) is 0.241. The molecule has 1 aliphatic heterocycles. The molecular formula is C32H29BrN2O5S. The van der Waals surface area contributed by atoms with E-state index in [0.717, 1.165) is 16.7 Å². The number of aryl methyl sites for hydroxylation is 1. The lowest BCUT2D eigenvalue weighted by Crippen LogP contribution is -2.40. The van der Waals surface area contributed by atoms with Gasteiger partial charge in [0, 0.05) is 0 Å². The molecule has 0 spiro atoms. The summed E-state index contributed by atoms with van der Waals surface area (Å²) in [5.41, 5.74) is 4.53. The lowest BCUT2D eigenvalue weighted by Gasteiger charge is -2.25. The number of methoxy groups -OCH3 is 2. The van der Waals surface area contributed by atoms with E-state index < -0.39 is 12.0 Å². The number of ether oxygens (including phenoxy) is 3. The topological polar surface area (TPSA) is 79.1 Å². The molecule has 1 aliphatic rings. The average Bonchev–Trinajstić information content (AvgIpc) is 3.30. The van der Waals surface area contributed by atoms with Gasteiger partial charge in [-0.15, -0.1) is 0 Å². The number of thiazole rings is 1. The highest BCUT2D eigenvalue weighted by molar-refractivity contribution is 9.10. The van der Waals surface area contributed by atoms with Crippen molar-refractivity contribution in [1.82, 2.24) is 4.57 Å². The van der Waals surface area contributed by atoms with Crippen LogP contribution in [0.2, 0.25) is 0 Å². The third kappa shape index (κ3) is 5.78. The van der Waals surface area contributed by atoms with Crippen molar-refractivity contribution in [3.05, 3.63) is 124 Å². The van der Waals surface area contributed by atoms with Crippen LogP contribution in [-0.4, -0.2) is 24.8 Å². The summed E-state index contributed by atoms with van der Waals surface area (Å²) in [4.78, 5) is 32.1.